The fraction of sp³-hybridized carbons (Fsp3) is 0.278. The number of ether oxygens (including phenoxy) is 1. The summed E-state index contributed by atoms with van der Waals surface area (Å²) in [4.78, 5) is 20.7. The second-order valence-electron chi connectivity index (χ2n) is 11.2. The summed E-state index contributed by atoms with van der Waals surface area (Å²) >= 11 is 0. The second kappa shape index (κ2) is 12.4. The molecule has 5 aromatic rings. The molecule has 5 heteroatoms. The number of rotatable bonds is 9. The third kappa shape index (κ3) is 6.19. The van der Waals surface area contributed by atoms with E-state index in [4.69, 9.17) is 9.72 Å². The number of imidazole rings is 1. The standard InChI is InChI=1S/C36H37N3O2/c1-27-11-8-9-16-31(27)32(24-35(40)38-21-18-29(19-22-38)23-28-12-4-2-5-13-28)33-25-37-36-34(17-10-20-39(33)36)41-26-30-14-6-3-7-15-30/h2-17,20,25,29,32H,18-19,21-24,26H2,1H3/t32-/m1/s1. The average molecular weight is 544 g/mol. The van der Waals surface area contributed by atoms with Crippen LogP contribution in [0.15, 0.2) is 109 Å². The first kappa shape index (κ1) is 26.8. The number of aryl methyl sites for hydroxylation is 1. The fourth-order valence-electron chi connectivity index (χ4n) is 6.10. The van der Waals surface area contributed by atoms with E-state index in [9.17, 15) is 4.79 Å². The van der Waals surface area contributed by atoms with Gasteiger partial charge in [0.05, 0.1) is 5.69 Å². The molecule has 1 aliphatic rings. The Hall–Kier alpha value is -4.38. The van der Waals surface area contributed by atoms with Crippen LogP contribution in [0.3, 0.4) is 0 Å². The zero-order valence-electron chi connectivity index (χ0n) is 23.7. The summed E-state index contributed by atoms with van der Waals surface area (Å²) < 4.78 is 8.29. The Labute approximate surface area is 242 Å². The lowest BCUT2D eigenvalue weighted by Crippen LogP contribution is -2.39. The second-order valence-corrected chi connectivity index (χ2v) is 11.2. The number of hydrogen-bond acceptors (Lipinski definition) is 3. The molecule has 41 heavy (non-hydrogen) atoms. The molecule has 0 aliphatic carbocycles. The van der Waals surface area contributed by atoms with E-state index in [1.54, 1.807) is 0 Å². The Balaban J connectivity index is 1.21. The van der Waals surface area contributed by atoms with Gasteiger partial charge in [-0.05, 0) is 66.5 Å². The normalized spacial score (nSPS) is 14.7. The number of aromatic nitrogens is 2. The van der Waals surface area contributed by atoms with Crippen LogP contribution in [-0.4, -0.2) is 33.3 Å². The van der Waals surface area contributed by atoms with Gasteiger partial charge in [-0.2, -0.15) is 0 Å². The zero-order valence-corrected chi connectivity index (χ0v) is 23.7. The molecule has 1 atom stereocenters. The van der Waals surface area contributed by atoms with Crippen LogP contribution in [0.1, 0.15) is 53.1 Å². The molecule has 0 bridgehead atoms. The summed E-state index contributed by atoms with van der Waals surface area (Å²) in [7, 11) is 0. The van der Waals surface area contributed by atoms with Crippen molar-refractivity contribution in [2.75, 3.05) is 13.1 Å². The van der Waals surface area contributed by atoms with E-state index in [0.29, 0.717) is 18.9 Å². The number of pyridine rings is 1. The topological polar surface area (TPSA) is 46.8 Å². The van der Waals surface area contributed by atoms with E-state index in [-0.39, 0.29) is 11.8 Å². The number of nitrogens with zero attached hydrogens (tertiary/aromatic N) is 3. The van der Waals surface area contributed by atoms with Gasteiger partial charge in [0.1, 0.15) is 6.61 Å². The summed E-state index contributed by atoms with van der Waals surface area (Å²) in [5, 5.41) is 0. The smallest absolute Gasteiger partial charge is 0.223 e. The van der Waals surface area contributed by atoms with Crippen LogP contribution in [0.4, 0.5) is 0 Å². The molecule has 1 fully saturated rings. The van der Waals surface area contributed by atoms with Crippen LogP contribution in [0.25, 0.3) is 5.65 Å². The van der Waals surface area contributed by atoms with E-state index < -0.39 is 0 Å². The molecule has 1 amide bonds. The molecule has 3 aromatic carbocycles. The van der Waals surface area contributed by atoms with Gasteiger partial charge in [-0.25, -0.2) is 4.98 Å². The van der Waals surface area contributed by atoms with Gasteiger partial charge in [0, 0.05) is 37.8 Å². The lowest BCUT2D eigenvalue weighted by atomic mass is 9.87. The summed E-state index contributed by atoms with van der Waals surface area (Å²) in [5.74, 6) is 1.47. The monoisotopic (exact) mass is 543 g/mol. The molecule has 1 saturated heterocycles. The number of amides is 1. The van der Waals surface area contributed by atoms with Gasteiger partial charge < -0.3 is 14.0 Å². The average Bonchev–Trinajstić information content (AvgIpc) is 3.45. The highest BCUT2D eigenvalue weighted by Crippen LogP contribution is 2.34. The highest BCUT2D eigenvalue weighted by molar-refractivity contribution is 5.78. The molecule has 0 saturated carbocycles. The molecule has 0 N–H and O–H groups in total. The van der Waals surface area contributed by atoms with Crippen molar-refractivity contribution in [3.05, 3.63) is 137 Å². The van der Waals surface area contributed by atoms with E-state index in [1.165, 1.54) is 11.1 Å². The maximum atomic E-state index is 13.8. The van der Waals surface area contributed by atoms with Gasteiger partial charge >= 0.3 is 0 Å². The van der Waals surface area contributed by atoms with Gasteiger partial charge in [0.2, 0.25) is 5.91 Å². The summed E-state index contributed by atoms with van der Waals surface area (Å²) in [6, 6.07) is 33.2. The van der Waals surface area contributed by atoms with Crippen molar-refractivity contribution < 1.29 is 9.53 Å². The number of carbonyl (C=O) groups is 1. The maximum absolute atomic E-state index is 13.8. The Morgan fingerprint density at radius 2 is 1.56 bits per heavy atom. The molecule has 1 aliphatic heterocycles. The van der Waals surface area contributed by atoms with Crippen LogP contribution >= 0.6 is 0 Å². The number of hydrogen-bond donors (Lipinski definition) is 0. The summed E-state index contributed by atoms with van der Waals surface area (Å²) in [6.07, 6.45) is 7.54. The molecule has 3 heterocycles. The first-order valence-electron chi connectivity index (χ1n) is 14.7. The van der Waals surface area contributed by atoms with Crippen molar-refractivity contribution in [2.24, 2.45) is 5.92 Å². The highest BCUT2D eigenvalue weighted by atomic mass is 16.5. The Morgan fingerprint density at radius 1 is 0.878 bits per heavy atom. The number of likely N-dealkylation sites (tertiary alicyclic amines) is 1. The molecule has 5 nitrogen and oxygen atoms in total. The van der Waals surface area contributed by atoms with E-state index in [1.807, 2.05) is 42.7 Å². The van der Waals surface area contributed by atoms with Crippen molar-refractivity contribution in [3.8, 4) is 5.75 Å². The number of carbonyl (C=O) groups excluding carboxylic acids is 1. The van der Waals surface area contributed by atoms with Gasteiger partial charge in [-0.3, -0.25) is 4.79 Å². The van der Waals surface area contributed by atoms with Crippen molar-refractivity contribution in [1.29, 1.82) is 0 Å². The Morgan fingerprint density at radius 3 is 2.29 bits per heavy atom. The van der Waals surface area contributed by atoms with Gasteiger partial charge in [0.25, 0.3) is 0 Å². The summed E-state index contributed by atoms with van der Waals surface area (Å²) in [6.45, 7) is 4.24. The van der Waals surface area contributed by atoms with Crippen LogP contribution in [0, 0.1) is 12.8 Å². The van der Waals surface area contributed by atoms with E-state index >= 15 is 0 Å². The quantitative estimate of drug-likeness (QED) is 0.197. The minimum atomic E-state index is -0.106. The molecular formula is C36H37N3O2. The maximum Gasteiger partial charge on any atom is 0.223 e. The Bertz CT molecular complexity index is 1590. The molecule has 0 radical (unpaired) electrons. The predicted molar refractivity (Wildman–Crippen MR) is 163 cm³/mol. The SMILES string of the molecule is Cc1ccccc1[C@@H](CC(=O)N1CCC(Cc2ccccc2)CC1)c1cnc2c(OCc3ccccc3)cccn12. The minimum absolute atomic E-state index is 0.106. The minimum Gasteiger partial charge on any atom is -0.485 e. The molecule has 0 spiro atoms. The van der Waals surface area contributed by atoms with Crippen molar-refractivity contribution >= 4 is 11.6 Å². The molecule has 0 unspecified atom stereocenters. The zero-order chi connectivity index (χ0) is 28.0. The third-order valence-electron chi connectivity index (χ3n) is 8.40. The lowest BCUT2D eigenvalue weighted by Gasteiger charge is -2.33. The molecule has 208 valence electrons. The number of piperidine rings is 1. The van der Waals surface area contributed by atoms with Gasteiger partial charge in [0.15, 0.2) is 11.4 Å². The van der Waals surface area contributed by atoms with Gasteiger partial charge in [-0.1, -0.05) is 84.9 Å². The summed E-state index contributed by atoms with van der Waals surface area (Å²) in [5.41, 5.74) is 6.61. The number of fused-ring (bicyclic) bond motifs is 1. The van der Waals surface area contributed by atoms with Crippen LogP contribution in [0.5, 0.6) is 5.75 Å². The first-order chi connectivity index (χ1) is 20.2. The van der Waals surface area contributed by atoms with Crippen molar-refractivity contribution in [2.45, 2.75) is 45.1 Å². The molecule has 6 rings (SSSR count). The Kier molecular flexibility index (Phi) is 8.13. The van der Waals surface area contributed by atoms with Crippen molar-refractivity contribution in [3.63, 3.8) is 0 Å². The van der Waals surface area contributed by atoms with Crippen molar-refractivity contribution in [1.82, 2.24) is 14.3 Å². The highest BCUT2D eigenvalue weighted by Gasteiger charge is 2.28. The largest absolute Gasteiger partial charge is 0.485 e. The fourth-order valence-corrected chi connectivity index (χ4v) is 6.10. The van der Waals surface area contributed by atoms with Crippen LogP contribution in [-0.2, 0) is 17.8 Å². The van der Waals surface area contributed by atoms with Gasteiger partial charge in [-0.15, -0.1) is 0 Å². The first-order valence-corrected chi connectivity index (χ1v) is 14.7. The van der Waals surface area contributed by atoms with E-state index in [0.717, 1.165) is 60.6 Å². The third-order valence-corrected chi connectivity index (χ3v) is 8.40. The molecule has 2 aromatic heterocycles. The van der Waals surface area contributed by atoms with E-state index in [2.05, 4.69) is 83.0 Å². The number of benzene rings is 3. The predicted octanol–water partition coefficient (Wildman–Crippen LogP) is 7.23. The lowest BCUT2D eigenvalue weighted by molar-refractivity contribution is -0.132. The van der Waals surface area contributed by atoms with Crippen LogP contribution < -0.4 is 4.74 Å². The molecular weight excluding hydrogens is 506 g/mol. The van der Waals surface area contributed by atoms with Crippen LogP contribution in [0.2, 0.25) is 0 Å².